The summed E-state index contributed by atoms with van der Waals surface area (Å²) in [6.07, 6.45) is -0.507. The first-order chi connectivity index (χ1) is 7.66. The molecule has 0 aliphatic rings. The van der Waals surface area contributed by atoms with E-state index in [1.165, 1.54) is 11.8 Å². The van der Waals surface area contributed by atoms with E-state index in [0.717, 1.165) is 10.5 Å². The van der Waals surface area contributed by atoms with Crippen LogP contribution in [-0.4, -0.2) is 15.3 Å². The Morgan fingerprint density at radius 1 is 1.31 bits per heavy atom. The third-order valence-corrected chi connectivity index (χ3v) is 3.01. The van der Waals surface area contributed by atoms with E-state index in [0.29, 0.717) is 11.1 Å². The van der Waals surface area contributed by atoms with E-state index in [9.17, 15) is 5.11 Å². The molecule has 1 atom stereocenters. The molecule has 0 radical (unpaired) electrons. The SMILES string of the molecule is Cc1nnc(Sc2ccccc2C(C)O)o1. The number of aliphatic hydroxyl groups is 1. The quantitative estimate of drug-likeness (QED) is 0.887. The monoisotopic (exact) mass is 236 g/mol. The Kier molecular flexibility index (Phi) is 3.26. The smallest absolute Gasteiger partial charge is 0.281 e. The van der Waals surface area contributed by atoms with Crippen molar-refractivity contribution in [3.05, 3.63) is 35.7 Å². The molecule has 4 nitrogen and oxygen atoms in total. The second-order valence-electron chi connectivity index (χ2n) is 3.40. The molecular weight excluding hydrogens is 224 g/mol. The molecule has 0 aliphatic carbocycles. The van der Waals surface area contributed by atoms with Crippen molar-refractivity contribution < 1.29 is 9.52 Å². The number of rotatable bonds is 3. The van der Waals surface area contributed by atoms with E-state index in [1.54, 1.807) is 13.8 Å². The molecule has 0 saturated heterocycles. The van der Waals surface area contributed by atoms with E-state index >= 15 is 0 Å². The number of aliphatic hydroxyl groups excluding tert-OH is 1. The van der Waals surface area contributed by atoms with Crippen LogP contribution < -0.4 is 0 Å². The van der Waals surface area contributed by atoms with Crippen LogP contribution in [0.1, 0.15) is 24.5 Å². The molecular formula is C11H12N2O2S. The van der Waals surface area contributed by atoms with Crippen LogP contribution in [-0.2, 0) is 0 Å². The van der Waals surface area contributed by atoms with Gasteiger partial charge in [-0.2, -0.15) is 0 Å². The van der Waals surface area contributed by atoms with Crippen molar-refractivity contribution >= 4 is 11.8 Å². The summed E-state index contributed by atoms with van der Waals surface area (Å²) in [7, 11) is 0. The molecule has 0 spiro atoms. The number of nitrogens with zero attached hydrogens (tertiary/aromatic N) is 2. The highest BCUT2D eigenvalue weighted by Crippen LogP contribution is 2.32. The van der Waals surface area contributed by atoms with Gasteiger partial charge in [-0.25, -0.2) is 0 Å². The predicted molar refractivity (Wildman–Crippen MR) is 60.2 cm³/mol. The van der Waals surface area contributed by atoms with Gasteiger partial charge in [-0.05, 0) is 30.3 Å². The molecule has 1 unspecified atom stereocenters. The molecule has 2 rings (SSSR count). The van der Waals surface area contributed by atoms with E-state index in [-0.39, 0.29) is 0 Å². The molecule has 2 aromatic rings. The molecule has 5 heteroatoms. The summed E-state index contributed by atoms with van der Waals surface area (Å²) in [5.74, 6) is 0.539. The van der Waals surface area contributed by atoms with Crippen molar-refractivity contribution in [1.29, 1.82) is 0 Å². The molecule has 1 aromatic carbocycles. The topological polar surface area (TPSA) is 59.2 Å². The fourth-order valence-electron chi connectivity index (χ4n) is 1.33. The van der Waals surface area contributed by atoms with Gasteiger partial charge in [-0.3, -0.25) is 0 Å². The minimum absolute atomic E-state index is 0.491. The lowest BCUT2D eigenvalue weighted by atomic mass is 10.1. The van der Waals surface area contributed by atoms with Crippen molar-refractivity contribution in [3.8, 4) is 0 Å². The van der Waals surface area contributed by atoms with Crippen LogP contribution in [0.2, 0.25) is 0 Å². The summed E-state index contributed by atoms with van der Waals surface area (Å²) >= 11 is 1.36. The van der Waals surface area contributed by atoms with Crippen molar-refractivity contribution in [2.75, 3.05) is 0 Å². The Hall–Kier alpha value is -1.33. The molecule has 84 valence electrons. The molecule has 0 aliphatic heterocycles. The molecule has 1 N–H and O–H groups in total. The molecule has 1 heterocycles. The largest absolute Gasteiger partial charge is 0.416 e. The van der Waals surface area contributed by atoms with Gasteiger partial charge >= 0.3 is 0 Å². The number of hydrogen-bond acceptors (Lipinski definition) is 5. The van der Waals surface area contributed by atoms with Gasteiger partial charge in [-0.1, -0.05) is 18.2 Å². The second-order valence-corrected chi connectivity index (χ2v) is 4.40. The Morgan fingerprint density at radius 2 is 2.06 bits per heavy atom. The van der Waals surface area contributed by atoms with E-state index in [4.69, 9.17) is 4.42 Å². The van der Waals surface area contributed by atoms with Gasteiger partial charge in [0.2, 0.25) is 5.89 Å². The highest BCUT2D eigenvalue weighted by molar-refractivity contribution is 7.99. The maximum absolute atomic E-state index is 9.61. The average molecular weight is 236 g/mol. The van der Waals surface area contributed by atoms with Crippen LogP contribution in [0, 0.1) is 6.92 Å². The maximum atomic E-state index is 9.61. The first-order valence-corrected chi connectivity index (χ1v) is 5.73. The lowest BCUT2D eigenvalue weighted by Gasteiger charge is -2.08. The zero-order valence-electron chi connectivity index (χ0n) is 9.04. The summed E-state index contributed by atoms with van der Waals surface area (Å²) < 4.78 is 5.28. The van der Waals surface area contributed by atoms with Gasteiger partial charge in [0.15, 0.2) is 0 Å². The normalized spacial score (nSPS) is 12.7. The Balaban J connectivity index is 2.27. The number of aryl methyl sites for hydroxylation is 1. The summed E-state index contributed by atoms with van der Waals surface area (Å²) in [6, 6.07) is 7.62. The van der Waals surface area contributed by atoms with Crippen LogP contribution >= 0.6 is 11.8 Å². The van der Waals surface area contributed by atoms with Crippen molar-refractivity contribution in [3.63, 3.8) is 0 Å². The third-order valence-electron chi connectivity index (χ3n) is 2.07. The fourth-order valence-corrected chi connectivity index (χ4v) is 2.27. The number of aromatic nitrogens is 2. The first-order valence-electron chi connectivity index (χ1n) is 4.92. The van der Waals surface area contributed by atoms with Crippen molar-refractivity contribution in [2.45, 2.75) is 30.1 Å². The van der Waals surface area contributed by atoms with Gasteiger partial charge in [-0.15, -0.1) is 10.2 Å². The Morgan fingerprint density at radius 3 is 2.69 bits per heavy atom. The van der Waals surface area contributed by atoms with Crippen LogP contribution in [0.25, 0.3) is 0 Å². The van der Waals surface area contributed by atoms with Gasteiger partial charge in [0.25, 0.3) is 5.22 Å². The minimum Gasteiger partial charge on any atom is -0.416 e. The van der Waals surface area contributed by atoms with Gasteiger partial charge in [0, 0.05) is 11.8 Å². The van der Waals surface area contributed by atoms with E-state index in [2.05, 4.69) is 10.2 Å². The molecule has 0 saturated carbocycles. The third kappa shape index (κ3) is 2.43. The lowest BCUT2D eigenvalue weighted by Crippen LogP contribution is -1.93. The van der Waals surface area contributed by atoms with Gasteiger partial charge in [0.05, 0.1) is 6.10 Å². The highest BCUT2D eigenvalue weighted by atomic mass is 32.2. The Bertz CT molecular complexity index is 482. The van der Waals surface area contributed by atoms with Crippen molar-refractivity contribution in [2.24, 2.45) is 0 Å². The minimum atomic E-state index is -0.507. The summed E-state index contributed by atoms with van der Waals surface area (Å²) in [4.78, 5) is 0.932. The van der Waals surface area contributed by atoms with Crippen molar-refractivity contribution in [1.82, 2.24) is 10.2 Å². The van der Waals surface area contributed by atoms with Crippen LogP contribution in [0.3, 0.4) is 0 Å². The zero-order valence-corrected chi connectivity index (χ0v) is 9.86. The van der Waals surface area contributed by atoms with Crippen LogP contribution in [0.5, 0.6) is 0 Å². The van der Waals surface area contributed by atoms with Gasteiger partial charge in [0.1, 0.15) is 0 Å². The lowest BCUT2D eigenvalue weighted by molar-refractivity contribution is 0.196. The molecule has 0 fully saturated rings. The van der Waals surface area contributed by atoms with Crippen LogP contribution in [0.15, 0.2) is 38.8 Å². The Labute approximate surface area is 97.7 Å². The number of benzene rings is 1. The van der Waals surface area contributed by atoms with E-state index in [1.807, 2.05) is 24.3 Å². The first kappa shape index (κ1) is 11.2. The summed E-state index contributed by atoms with van der Waals surface area (Å²) in [5.41, 5.74) is 0.864. The summed E-state index contributed by atoms with van der Waals surface area (Å²) in [6.45, 7) is 3.48. The molecule has 16 heavy (non-hydrogen) atoms. The standard InChI is InChI=1S/C11H12N2O2S/c1-7(14)9-5-3-4-6-10(9)16-11-13-12-8(2)15-11/h3-7,14H,1-2H3. The second kappa shape index (κ2) is 4.67. The average Bonchev–Trinajstić information content (AvgIpc) is 2.64. The predicted octanol–water partition coefficient (Wildman–Crippen LogP) is 2.58. The molecule has 0 amide bonds. The summed E-state index contributed by atoms with van der Waals surface area (Å²) in [5, 5.41) is 17.8. The molecule has 0 bridgehead atoms. The number of hydrogen-bond donors (Lipinski definition) is 1. The van der Waals surface area contributed by atoms with Gasteiger partial charge < -0.3 is 9.52 Å². The molecule has 1 aromatic heterocycles. The van der Waals surface area contributed by atoms with E-state index < -0.39 is 6.10 Å². The van der Waals surface area contributed by atoms with Crippen LogP contribution in [0.4, 0.5) is 0 Å². The highest BCUT2D eigenvalue weighted by Gasteiger charge is 2.11. The zero-order chi connectivity index (χ0) is 11.5. The maximum Gasteiger partial charge on any atom is 0.281 e. The fraction of sp³-hybridized carbons (Fsp3) is 0.273.